The van der Waals surface area contributed by atoms with Crippen molar-refractivity contribution in [1.82, 2.24) is 0 Å². The maximum absolute atomic E-state index is 11.8. The van der Waals surface area contributed by atoms with Crippen LogP contribution in [0.1, 0.15) is 166 Å². The number of carbonyl (C=O) groups excluding carboxylic acids is 1. The van der Waals surface area contributed by atoms with E-state index in [1.165, 1.54) is 75.5 Å². The summed E-state index contributed by atoms with van der Waals surface area (Å²) in [5.41, 5.74) is 1.07. The molecule has 2 fully saturated rings. The number of hydrogen-bond acceptors (Lipinski definition) is 2. The van der Waals surface area contributed by atoms with Crippen LogP contribution in [0.5, 0.6) is 0 Å². The number of rotatable bonds is 3. The van der Waals surface area contributed by atoms with Crippen molar-refractivity contribution in [2.45, 2.75) is 153 Å². The summed E-state index contributed by atoms with van der Waals surface area (Å²) < 4.78 is 0. The molecule has 0 aliphatic heterocycles. The largest absolute Gasteiger partial charge is 0.293 e. The first-order chi connectivity index (χ1) is 17.5. The Morgan fingerprint density at radius 3 is 1.65 bits per heavy atom. The quantitative estimate of drug-likeness (QED) is 0.216. The zero-order valence-electron chi connectivity index (χ0n) is 26.7. The first-order valence-electron chi connectivity index (χ1n) is 15.3. The fourth-order valence-electron chi connectivity index (χ4n) is 4.02. The van der Waals surface area contributed by atoms with Crippen molar-refractivity contribution in [3.8, 4) is 11.8 Å². The molecule has 0 atom stereocenters. The Morgan fingerprint density at radius 1 is 0.919 bits per heavy atom. The predicted octanol–water partition coefficient (Wildman–Crippen LogP) is 12.2. The van der Waals surface area contributed by atoms with Crippen molar-refractivity contribution < 1.29 is 4.79 Å². The van der Waals surface area contributed by atoms with E-state index in [-0.39, 0.29) is 11.2 Å². The summed E-state index contributed by atoms with van der Waals surface area (Å²) in [6, 6.07) is 2.02. The van der Waals surface area contributed by atoms with Gasteiger partial charge >= 0.3 is 0 Å². The molecule has 1 heterocycles. The highest BCUT2D eigenvalue weighted by atomic mass is 32.1. The highest BCUT2D eigenvalue weighted by Crippen LogP contribution is 2.24. The van der Waals surface area contributed by atoms with Crippen molar-refractivity contribution in [2.75, 3.05) is 0 Å². The molecule has 2 aliphatic carbocycles. The van der Waals surface area contributed by atoms with Crippen molar-refractivity contribution in [2.24, 2.45) is 17.3 Å². The Morgan fingerprint density at radius 2 is 1.35 bits per heavy atom. The van der Waals surface area contributed by atoms with Gasteiger partial charge < -0.3 is 0 Å². The average molecular weight is 531 g/mol. The van der Waals surface area contributed by atoms with E-state index in [9.17, 15) is 4.79 Å². The van der Waals surface area contributed by atoms with E-state index in [1.807, 2.05) is 59.8 Å². The maximum atomic E-state index is 11.8. The summed E-state index contributed by atoms with van der Waals surface area (Å²) >= 11 is 1.53. The number of ketones is 1. The van der Waals surface area contributed by atoms with Crippen molar-refractivity contribution in [3.63, 3.8) is 0 Å². The van der Waals surface area contributed by atoms with E-state index < -0.39 is 0 Å². The Balaban J connectivity index is 0. The molecule has 0 spiro atoms. The summed E-state index contributed by atoms with van der Waals surface area (Å²) in [7, 11) is 0. The zero-order valence-corrected chi connectivity index (χ0v) is 27.5. The number of aryl methyl sites for hydroxylation is 1. The van der Waals surface area contributed by atoms with Gasteiger partial charge in [0.05, 0.1) is 9.75 Å². The topological polar surface area (TPSA) is 17.1 Å². The first kappa shape index (κ1) is 37.8. The molecule has 0 unspecified atom stereocenters. The second-order valence-corrected chi connectivity index (χ2v) is 12.5. The van der Waals surface area contributed by atoms with Crippen molar-refractivity contribution >= 4 is 17.1 Å². The van der Waals surface area contributed by atoms with E-state index in [4.69, 9.17) is 0 Å². The molecule has 3 rings (SSSR count). The van der Waals surface area contributed by atoms with Crippen LogP contribution in [0.4, 0.5) is 0 Å². The van der Waals surface area contributed by atoms with Gasteiger partial charge in [0.25, 0.3) is 0 Å². The normalized spacial score (nSPS) is 15.8. The van der Waals surface area contributed by atoms with E-state index >= 15 is 0 Å². The fourth-order valence-corrected chi connectivity index (χ4v) is 5.02. The Hall–Kier alpha value is -1.33. The SMILES string of the molecule is CC.CC1CCCCC1.CC1CCCCC1.CC=CC.CCCC(=O)c1sc(C#CC(C)(C)C)cc1C. The average Bonchev–Trinajstić information content (AvgIpc) is 3.26. The Bertz CT molecular complexity index is 733. The second kappa shape index (κ2) is 23.8. The van der Waals surface area contributed by atoms with E-state index in [0.29, 0.717) is 6.42 Å². The monoisotopic (exact) mass is 530 g/mol. The van der Waals surface area contributed by atoms with Gasteiger partial charge in [0.15, 0.2) is 5.78 Å². The van der Waals surface area contributed by atoms with Crippen molar-refractivity contribution in [1.29, 1.82) is 0 Å². The molecule has 1 aromatic heterocycles. The third kappa shape index (κ3) is 22.4. The molecule has 0 amide bonds. The third-order valence-corrected chi connectivity index (χ3v) is 7.52. The van der Waals surface area contributed by atoms with Gasteiger partial charge in [-0.05, 0) is 71.4 Å². The maximum Gasteiger partial charge on any atom is 0.173 e. The number of Topliss-reactive ketones (excluding diaryl/α,β-unsaturated/α-hetero) is 1. The van der Waals surface area contributed by atoms with Crippen LogP contribution in [0.15, 0.2) is 18.2 Å². The summed E-state index contributed by atoms with van der Waals surface area (Å²) in [4.78, 5) is 13.7. The molecule has 0 saturated heterocycles. The Labute approximate surface area is 237 Å². The van der Waals surface area contributed by atoms with Crippen LogP contribution >= 0.6 is 11.3 Å². The van der Waals surface area contributed by atoms with Crippen LogP contribution < -0.4 is 0 Å². The lowest BCUT2D eigenvalue weighted by Gasteiger charge is -2.15. The highest BCUT2D eigenvalue weighted by molar-refractivity contribution is 7.14. The van der Waals surface area contributed by atoms with Gasteiger partial charge in [0.2, 0.25) is 0 Å². The predicted molar refractivity (Wildman–Crippen MR) is 171 cm³/mol. The van der Waals surface area contributed by atoms with E-state index in [2.05, 4.69) is 46.5 Å². The minimum atomic E-state index is 0.00544. The third-order valence-electron chi connectivity index (χ3n) is 6.33. The van der Waals surface area contributed by atoms with Crippen LogP contribution in [0.2, 0.25) is 0 Å². The molecule has 0 aromatic carbocycles. The lowest BCUT2D eigenvalue weighted by atomic mass is 9.91. The molecule has 214 valence electrons. The number of thiophene rings is 1. The van der Waals surface area contributed by atoms with Crippen LogP contribution in [0.25, 0.3) is 0 Å². The van der Waals surface area contributed by atoms with Crippen LogP contribution in [0.3, 0.4) is 0 Å². The molecule has 0 radical (unpaired) electrons. The molecule has 2 saturated carbocycles. The number of carbonyl (C=O) groups is 1. The summed E-state index contributed by atoms with van der Waals surface area (Å²) in [5.74, 6) is 8.68. The highest BCUT2D eigenvalue weighted by Gasteiger charge is 2.12. The Kier molecular flexibility index (Phi) is 24.3. The minimum Gasteiger partial charge on any atom is -0.293 e. The van der Waals surface area contributed by atoms with Crippen LogP contribution in [0, 0.1) is 36.0 Å². The second-order valence-electron chi connectivity index (χ2n) is 11.4. The fraction of sp³-hybridized carbons (Fsp3) is 0.743. The standard InChI is InChI=1S/C15H20OS.2C7H14.C4H8.C2H6/c1-6-7-13(16)14-11(2)10-12(17-14)8-9-15(3,4)5;2*1-7-5-3-2-4-6-7;1-3-4-2;1-2/h10H,6-7H2,1-5H3;2*7H,2-6H2,1H3;3-4H,1-2H3;1-2H3. The minimum absolute atomic E-state index is 0.00544. The molecule has 0 bridgehead atoms. The van der Waals surface area contributed by atoms with Gasteiger partial charge in [-0.25, -0.2) is 0 Å². The van der Waals surface area contributed by atoms with Crippen LogP contribution in [-0.4, -0.2) is 5.78 Å². The zero-order chi connectivity index (χ0) is 28.7. The molecular weight excluding hydrogens is 468 g/mol. The molecule has 0 N–H and O–H groups in total. The van der Waals surface area contributed by atoms with Gasteiger partial charge in [-0.2, -0.15) is 0 Å². The van der Waals surface area contributed by atoms with Crippen LogP contribution in [-0.2, 0) is 0 Å². The van der Waals surface area contributed by atoms with Gasteiger partial charge in [0, 0.05) is 11.8 Å². The lowest BCUT2D eigenvalue weighted by Crippen LogP contribution is -1.99. The van der Waals surface area contributed by atoms with E-state index in [0.717, 1.165) is 33.6 Å². The summed E-state index contributed by atoms with van der Waals surface area (Å²) in [6.45, 7) is 23.0. The summed E-state index contributed by atoms with van der Waals surface area (Å²) in [5, 5.41) is 0. The van der Waals surface area contributed by atoms with Gasteiger partial charge in [-0.3, -0.25) is 4.79 Å². The molecule has 1 aromatic rings. The molecular formula is C35H62OS. The van der Waals surface area contributed by atoms with Gasteiger partial charge in [-0.15, -0.1) is 11.3 Å². The molecule has 37 heavy (non-hydrogen) atoms. The van der Waals surface area contributed by atoms with Crippen molar-refractivity contribution in [3.05, 3.63) is 33.5 Å². The molecule has 2 aliphatic rings. The summed E-state index contributed by atoms with van der Waals surface area (Å²) in [6.07, 6.45) is 20.4. The molecule has 1 nitrogen and oxygen atoms in total. The number of allylic oxidation sites excluding steroid dienone is 2. The molecule has 2 heteroatoms. The smallest absolute Gasteiger partial charge is 0.173 e. The number of hydrogen-bond donors (Lipinski definition) is 0. The van der Waals surface area contributed by atoms with Gasteiger partial charge in [-0.1, -0.05) is 123 Å². The first-order valence-corrected chi connectivity index (χ1v) is 16.1. The van der Waals surface area contributed by atoms with E-state index in [1.54, 1.807) is 0 Å². The lowest BCUT2D eigenvalue weighted by molar-refractivity contribution is 0.0985. The van der Waals surface area contributed by atoms with Gasteiger partial charge in [0.1, 0.15) is 0 Å².